The highest BCUT2D eigenvalue weighted by atomic mass is 16.4. The summed E-state index contributed by atoms with van der Waals surface area (Å²) < 4.78 is 0. The first kappa shape index (κ1) is 19.1. The summed E-state index contributed by atoms with van der Waals surface area (Å²) in [5.41, 5.74) is 10.4. The molecule has 1 heterocycles. The fourth-order valence-corrected chi connectivity index (χ4v) is 4.27. The van der Waals surface area contributed by atoms with Gasteiger partial charge in [-0.25, -0.2) is 0 Å². The second-order valence-electron chi connectivity index (χ2n) is 7.02. The van der Waals surface area contributed by atoms with Gasteiger partial charge in [0.1, 0.15) is 11.6 Å². The van der Waals surface area contributed by atoms with E-state index in [1.54, 1.807) is 4.90 Å². The summed E-state index contributed by atoms with van der Waals surface area (Å²) in [5, 5.41) is 36.5. The number of carbonyl (C=O) groups excluding carboxylic acids is 1. The Balaban J connectivity index is 2.09. The highest BCUT2D eigenvalue weighted by Crippen LogP contribution is 2.49. The van der Waals surface area contributed by atoms with Crippen LogP contribution in [0.15, 0.2) is 0 Å². The van der Waals surface area contributed by atoms with Gasteiger partial charge in [-0.15, -0.1) is 0 Å². The maximum absolute atomic E-state index is 12.1. The molecule has 10 heteroatoms. The SMILES string of the molecule is N[C@@H](CO)C(=O)N1CC2CC(N)(C(=O)O)C(CCCB(O)O)C2C1. The van der Waals surface area contributed by atoms with Crippen LogP contribution in [0.4, 0.5) is 0 Å². The van der Waals surface area contributed by atoms with Crippen molar-refractivity contribution >= 4 is 19.0 Å². The van der Waals surface area contributed by atoms with Crippen LogP contribution in [0.25, 0.3) is 0 Å². The smallest absolute Gasteiger partial charge is 0.451 e. The molecule has 5 atom stereocenters. The zero-order valence-electron chi connectivity index (χ0n) is 13.5. The number of aliphatic hydroxyl groups excluding tert-OH is 1. The Bertz CT molecular complexity index is 493. The lowest BCUT2D eigenvalue weighted by Crippen LogP contribution is -2.54. The molecule has 8 N–H and O–H groups in total. The monoisotopic (exact) mass is 343 g/mol. The third-order valence-electron chi connectivity index (χ3n) is 5.47. The largest absolute Gasteiger partial charge is 0.480 e. The second kappa shape index (κ2) is 7.36. The molecule has 1 saturated carbocycles. The third-order valence-corrected chi connectivity index (χ3v) is 5.47. The molecular formula is C14H26BN3O6. The molecule has 136 valence electrons. The molecule has 0 aromatic carbocycles. The molecule has 1 aliphatic carbocycles. The van der Waals surface area contributed by atoms with Crippen molar-refractivity contribution in [1.29, 1.82) is 0 Å². The van der Waals surface area contributed by atoms with Gasteiger partial charge in [0, 0.05) is 13.1 Å². The maximum atomic E-state index is 12.1. The summed E-state index contributed by atoms with van der Waals surface area (Å²) in [6.45, 7) is 0.330. The highest BCUT2D eigenvalue weighted by molar-refractivity contribution is 6.40. The number of nitrogens with two attached hydrogens (primary N) is 2. The first-order valence-corrected chi connectivity index (χ1v) is 8.24. The van der Waals surface area contributed by atoms with Crippen molar-refractivity contribution in [3.63, 3.8) is 0 Å². The Morgan fingerprint density at radius 3 is 2.54 bits per heavy atom. The minimum absolute atomic E-state index is 0.0232. The van der Waals surface area contributed by atoms with E-state index in [2.05, 4.69) is 0 Å². The minimum Gasteiger partial charge on any atom is -0.480 e. The number of aliphatic carboxylic acids is 1. The molecule has 9 nitrogen and oxygen atoms in total. The summed E-state index contributed by atoms with van der Waals surface area (Å²) >= 11 is 0. The summed E-state index contributed by atoms with van der Waals surface area (Å²) in [6, 6.07) is -0.964. The molecule has 0 spiro atoms. The van der Waals surface area contributed by atoms with Gasteiger partial charge in [0.15, 0.2) is 0 Å². The quantitative estimate of drug-likeness (QED) is 0.274. The fourth-order valence-electron chi connectivity index (χ4n) is 4.27. The van der Waals surface area contributed by atoms with E-state index >= 15 is 0 Å². The van der Waals surface area contributed by atoms with Crippen molar-refractivity contribution in [3.8, 4) is 0 Å². The van der Waals surface area contributed by atoms with Gasteiger partial charge in [-0.05, 0) is 36.9 Å². The molecule has 2 rings (SSSR count). The topological polar surface area (TPSA) is 170 Å². The van der Waals surface area contributed by atoms with E-state index in [0.29, 0.717) is 25.9 Å². The van der Waals surface area contributed by atoms with E-state index in [4.69, 9.17) is 26.6 Å². The molecule has 2 fully saturated rings. The van der Waals surface area contributed by atoms with Gasteiger partial charge in [0.2, 0.25) is 5.91 Å². The van der Waals surface area contributed by atoms with Crippen LogP contribution in [0.3, 0.4) is 0 Å². The molecule has 1 amide bonds. The van der Waals surface area contributed by atoms with Crippen molar-refractivity contribution in [2.75, 3.05) is 19.7 Å². The molecular weight excluding hydrogens is 317 g/mol. The van der Waals surface area contributed by atoms with Crippen LogP contribution in [-0.2, 0) is 9.59 Å². The average Bonchev–Trinajstić information content (AvgIpc) is 3.02. The number of amides is 1. The first-order valence-electron chi connectivity index (χ1n) is 8.24. The van der Waals surface area contributed by atoms with Crippen LogP contribution in [-0.4, -0.2) is 75.4 Å². The summed E-state index contributed by atoms with van der Waals surface area (Å²) in [5.74, 6) is -1.82. The van der Waals surface area contributed by atoms with Gasteiger partial charge in [-0.2, -0.15) is 0 Å². The number of hydrogen-bond acceptors (Lipinski definition) is 7. The van der Waals surface area contributed by atoms with Crippen molar-refractivity contribution in [1.82, 2.24) is 4.90 Å². The number of hydrogen-bond donors (Lipinski definition) is 6. The Kier molecular flexibility index (Phi) is 5.87. The van der Waals surface area contributed by atoms with E-state index in [0.717, 1.165) is 0 Å². The van der Waals surface area contributed by atoms with Crippen molar-refractivity contribution in [2.45, 2.75) is 37.2 Å². The zero-order chi connectivity index (χ0) is 18.1. The number of carbonyl (C=O) groups is 2. The highest BCUT2D eigenvalue weighted by Gasteiger charge is 2.58. The molecule has 4 unspecified atom stereocenters. The molecule has 2 aliphatic rings. The van der Waals surface area contributed by atoms with Gasteiger partial charge < -0.3 is 36.6 Å². The summed E-state index contributed by atoms with van der Waals surface area (Å²) in [4.78, 5) is 25.4. The Hall–Kier alpha value is -1.20. The molecule has 0 aromatic heterocycles. The van der Waals surface area contributed by atoms with E-state index in [1.165, 1.54) is 0 Å². The molecule has 1 aliphatic heterocycles. The average molecular weight is 343 g/mol. The number of aliphatic hydroxyl groups is 1. The normalized spacial score (nSPS) is 33.4. The van der Waals surface area contributed by atoms with Crippen LogP contribution >= 0.6 is 0 Å². The predicted octanol–water partition coefficient (Wildman–Crippen LogP) is -2.56. The summed E-state index contributed by atoms with van der Waals surface area (Å²) in [6.07, 6.45) is 1.33. The van der Waals surface area contributed by atoms with Gasteiger partial charge >= 0.3 is 13.1 Å². The molecule has 0 radical (unpaired) electrons. The van der Waals surface area contributed by atoms with Crippen LogP contribution in [0, 0.1) is 17.8 Å². The number of rotatable bonds is 7. The van der Waals surface area contributed by atoms with E-state index in [1.807, 2.05) is 0 Å². The van der Waals surface area contributed by atoms with Gasteiger partial charge in [0.05, 0.1) is 6.61 Å². The number of likely N-dealkylation sites (tertiary alicyclic amines) is 1. The standard InChI is InChI=1S/C14H26BN3O6/c16-11(7-19)12(20)18-5-8-4-14(17,13(21)22)10(9(8)6-18)2-1-3-15(23)24/h8-11,19,23-24H,1-7,16-17H2,(H,21,22)/t8?,9?,10?,11-,14?/m0/s1. The minimum atomic E-state index is -1.43. The van der Waals surface area contributed by atoms with Crippen LogP contribution in [0.2, 0.25) is 6.32 Å². The molecule has 0 aromatic rings. The summed E-state index contributed by atoms with van der Waals surface area (Å²) in [7, 11) is -1.43. The number of fused-ring (bicyclic) bond motifs is 1. The second-order valence-corrected chi connectivity index (χ2v) is 7.02. The Morgan fingerprint density at radius 1 is 1.33 bits per heavy atom. The molecule has 24 heavy (non-hydrogen) atoms. The molecule has 0 bridgehead atoms. The zero-order valence-corrected chi connectivity index (χ0v) is 13.5. The van der Waals surface area contributed by atoms with Crippen molar-refractivity contribution in [2.24, 2.45) is 29.2 Å². The van der Waals surface area contributed by atoms with Crippen LogP contribution in [0.5, 0.6) is 0 Å². The van der Waals surface area contributed by atoms with Crippen molar-refractivity contribution < 1.29 is 29.9 Å². The third kappa shape index (κ3) is 3.57. The lowest BCUT2D eigenvalue weighted by Gasteiger charge is -2.31. The van der Waals surface area contributed by atoms with Gasteiger partial charge in [-0.3, -0.25) is 9.59 Å². The predicted molar refractivity (Wildman–Crippen MR) is 85.5 cm³/mol. The van der Waals surface area contributed by atoms with Crippen LogP contribution in [0.1, 0.15) is 19.3 Å². The first-order chi connectivity index (χ1) is 11.2. The van der Waals surface area contributed by atoms with Gasteiger partial charge in [-0.1, -0.05) is 6.42 Å². The van der Waals surface area contributed by atoms with E-state index in [9.17, 15) is 14.7 Å². The van der Waals surface area contributed by atoms with Crippen LogP contribution < -0.4 is 11.5 Å². The van der Waals surface area contributed by atoms with Crippen molar-refractivity contribution in [3.05, 3.63) is 0 Å². The number of carboxylic acid groups (broad SMARTS) is 1. The number of carboxylic acids is 1. The van der Waals surface area contributed by atoms with E-state index < -0.39 is 31.3 Å². The maximum Gasteiger partial charge on any atom is 0.451 e. The Morgan fingerprint density at radius 2 is 2.00 bits per heavy atom. The van der Waals surface area contributed by atoms with Gasteiger partial charge in [0.25, 0.3) is 0 Å². The number of nitrogens with zero attached hydrogens (tertiary/aromatic N) is 1. The van der Waals surface area contributed by atoms with E-state index in [-0.39, 0.29) is 36.4 Å². The Labute approximate surface area is 140 Å². The lowest BCUT2D eigenvalue weighted by molar-refractivity contribution is -0.145. The lowest BCUT2D eigenvalue weighted by atomic mass is 9.76. The molecule has 1 saturated heterocycles. The fraction of sp³-hybridized carbons (Fsp3) is 0.857.